The Labute approximate surface area is 342 Å². The number of H-pyrrole nitrogens is 1. The molecule has 2 heteroatoms. The van der Waals surface area contributed by atoms with Gasteiger partial charge in [-0.1, -0.05) is 221 Å². The summed E-state index contributed by atoms with van der Waals surface area (Å²) in [5.74, 6) is 0. The zero-order chi connectivity index (χ0) is 43.2. The van der Waals surface area contributed by atoms with Gasteiger partial charge in [-0.25, -0.2) is 0 Å². The minimum atomic E-state index is 0.189. The average molecular weight is 751 g/mol. The second-order valence-electron chi connectivity index (χ2n) is 23.9. The maximum Gasteiger partial charge on any atom is 0.0305 e. The number of aromatic amines is 1. The first-order valence-corrected chi connectivity index (χ1v) is 20.7. The van der Waals surface area contributed by atoms with Gasteiger partial charge in [0.25, 0.3) is 0 Å². The van der Waals surface area contributed by atoms with Crippen LogP contribution in [-0.2, 0) is 43.3 Å². The van der Waals surface area contributed by atoms with E-state index in [0.717, 1.165) is 0 Å². The molecule has 0 atom stereocenters. The lowest BCUT2D eigenvalue weighted by atomic mass is 9.75. The van der Waals surface area contributed by atoms with E-state index in [9.17, 15) is 0 Å². The zero-order valence-corrected chi connectivity index (χ0v) is 40.5. The number of benzene rings is 2. The summed E-state index contributed by atoms with van der Waals surface area (Å²) in [6.45, 7) is 54.0. The Balaban J connectivity index is 0.000000367. The minimum Gasteiger partial charge on any atom is -0.367 e. The van der Waals surface area contributed by atoms with E-state index in [1.807, 2.05) is 12.4 Å². The topological polar surface area (TPSA) is 28.7 Å². The van der Waals surface area contributed by atoms with Crippen LogP contribution in [0.3, 0.4) is 0 Å². The molecule has 0 amide bonds. The lowest BCUT2D eigenvalue weighted by Gasteiger charge is -2.29. The summed E-state index contributed by atoms with van der Waals surface area (Å²) in [6.07, 6.45) is 8.19. The molecular weight excluding hydrogens is 665 g/mol. The molecule has 0 fully saturated rings. The summed E-state index contributed by atoms with van der Waals surface area (Å²) in [4.78, 5) is 7.53. The van der Waals surface area contributed by atoms with Crippen LogP contribution in [0.25, 0.3) is 0 Å². The third-order valence-electron chi connectivity index (χ3n) is 9.99. The van der Waals surface area contributed by atoms with Crippen LogP contribution in [0.4, 0.5) is 0 Å². The van der Waals surface area contributed by atoms with Crippen molar-refractivity contribution in [2.45, 2.75) is 209 Å². The van der Waals surface area contributed by atoms with Crippen LogP contribution < -0.4 is 0 Å². The molecule has 0 spiro atoms. The molecular formula is C53H86N2. The van der Waals surface area contributed by atoms with E-state index in [-0.39, 0.29) is 43.3 Å². The molecule has 4 rings (SSSR count). The molecule has 1 N–H and O–H groups in total. The van der Waals surface area contributed by atoms with E-state index in [2.05, 4.69) is 243 Å². The predicted octanol–water partition coefficient (Wildman–Crippen LogP) is 15.8. The maximum absolute atomic E-state index is 4.32. The van der Waals surface area contributed by atoms with Crippen LogP contribution in [0.2, 0.25) is 0 Å². The van der Waals surface area contributed by atoms with E-state index in [4.69, 9.17) is 0 Å². The van der Waals surface area contributed by atoms with Crippen LogP contribution in [0.5, 0.6) is 0 Å². The normalized spacial score (nSPS) is 13.1. The maximum atomic E-state index is 4.32. The van der Waals surface area contributed by atoms with Crippen molar-refractivity contribution in [1.82, 2.24) is 9.97 Å². The van der Waals surface area contributed by atoms with Crippen molar-refractivity contribution >= 4 is 0 Å². The van der Waals surface area contributed by atoms with Crippen LogP contribution in [0.1, 0.15) is 211 Å². The molecule has 0 aliphatic heterocycles. The molecule has 2 nitrogen and oxygen atoms in total. The van der Waals surface area contributed by atoms with Crippen molar-refractivity contribution in [2.75, 3.05) is 0 Å². The largest absolute Gasteiger partial charge is 0.367 e. The fraction of sp³-hybridized carbons (Fsp3) is 0.604. The summed E-state index contributed by atoms with van der Waals surface area (Å²) in [5, 5.41) is 0. The molecule has 0 aliphatic rings. The van der Waals surface area contributed by atoms with Gasteiger partial charge in [-0.15, -0.1) is 0 Å². The van der Waals surface area contributed by atoms with Crippen LogP contribution in [0.15, 0.2) is 79.4 Å². The number of nitrogens with zero attached hydrogens (tertiary/aromatic N) is 1. The van der Waals surface area contributed by atoms with E-state index < -0.39 is 0 Å². The highest BCUT2D eigenvalue weighted by Crippen LogP contribution is 2.35. The first-order chi connectivity index (χ1) is 24.4. The van der Waals surface area contributed by atoms with Gasteiger partial charge in [0.2, 0.25) is 0 Å². The van der Waals surface area contributed by atoms with Gasteiger partial charge < -0.3 is 4.98 Å². The summed E-state index contributed by atoms with van der Waals surface area (Å²) >= 11 is 0. The SMILES string of the molecule is CC(C)(C)c1c[nH]cc1C(C)(C)C.CC(C)(C)c1ccc(C(C)(C)C)cc1.CC(C)(C)c1ccccc1C(C)(C)C.CC(C)(C)c1cncc(C(C)(C)C)c1. The lowest BCUT2D eigenvalue weighted by Crippen LogP contribution is -2.21. The first kappa shape index (κ1) is 49.9. The van der Waals surface area contributed by atoms with Crippen molar-refractivity contribution in [3.63, 3.8) is 0 Å². The minimum absolute atomic E-state index is 0.189. The monoisotopic (exact) mass is 751 g/mol. The van der Waals surface area contributed by atoms with Crippen LogP contribution in [-0.4, -0.2) is 9.97 Å². The fourth-order valence-corrected chi connectivity index (χ4v) is 6.13. The van der Waals surface area contributed by atoms with Crippen LogP contribution >= 0.6 is 0 Å². The second kappa shape index (κ2) is 18.0. The summed E-state index contributed by atoms with van der Waals surface area (Å²) in [6, 6.07) is 20.0. The highest BCUT2D eigenvalue weighted by atomic mass is 14.7. The number of pyridine rings is 1. The molecule has 2 heterocycles. The molecule has 2 aromatic carbocycles. The van der Waals surface area contributed by atoms with Gasteiger partial charge in [0.1, 0.15) is 0 Å². The number of hydrogen-bond acceptors (Lipinski definition) is 1. The van der Waals surface area contributed by atoms with Crippen molar-refractivity contribution in [1.29, 1.82) is 0 Å². The Morgan fingerprint density at radius 1 is 0.309 bits per heavy atom. The van der Waals surface area contributed by atoms with Gasteiger partial charge in [0, 0.05) is 24.8 Å². The van der Waals surface area contributed by atoms with Gasteiger partial charge >= 0.3 is 0 Å². The van der Waals surface area contributed by atoms with Gasteiger partial charge in [0.15, 0.2) is 0 Å². The smallest absolute Gasteiger partial charge is 0.0305 e. The molecule has 0 radical (unpaired) electrons. The Bertz CT molecular complexity index is 1600. The molecule has 4 aromatic rings. The predicted molar refractivity (Wildman–Crippen MR) is 248 cm³/mol. The quantitative estimate of drug-likeness (QED) is 0.190. The highest BCUT2D eigenvalue weighted by molar-refractivity contribution is 5.38. The van der Waals surface area contributed by atoms with Gasteiger partial charge in [-0.2, -0.15) is 0 Å². The van der Waals surface area contributed by atoms with Crippen molar-refractivity contribution in [3.8, 4) is 0 Å². The van der Waals surface area contributed by atoms with E-state index in [1.54, 1.807) is 0 Å². The number of nitrogens with one attached hydrogen (secondary N) is 1. The molecule has 0 unspecified atom stereocenters. The zero-order valence-electron chi connectivity index (χ0n) is 40.5. The van der Waals surface area contributed by atoms with Crippen LogP contribution in [0, 0.1) is 0 Å². The van der Waals surface area contributed by atoms with Crippen molar-refractivity contribution in [2.24, 2.45) is 0 Å². The Hall–Kier alpha value is -3.13. The first-order valence-electron chi connectivity index (χ1n) is 20.7. The average Bonchev–Trinajstić information content (AvgIpc) is 3.52. The summed E-state index contributed by atoms with van der Waals surface area (Å²) < 4.78 is 0. The third kappa shape index (κ3) is 16.5. The van der Waals surface area contributed by atoms with E-state index in [0.29, 0.717) is 0 Å². The lowest BCUT2D eigenvalue weighted by molar-refractivity contribution is 0.530. The van der Waals surface area contributed by atoms with Crippen molar-refractivity contribution < 1.29 is 0 Å². The van der Waals surface area contributed by atoms with E-state index in [1.165, 1.54) is 44.5 Å². The Morgan fingerprint density at radius 2 is 0.564 bits per heavy atom. The fourth-order valence-electron chi connectivity index (χ4n) is 6.13. The second-order valence-corrected chi connectivity index (χ2v) is 23.9. The van der Waals surface area contributed by atoms with Gasteiger partial charge in [0.05, 0.1) is 0 Å². The Morgan fingerprint density at radius 3 is 0.782 bits per heavy atom. The molecule has 0 saturated carbocycles. The van der Waals surface area contributed by atoms with Gasteiger partial charge in [-0.3, -0.25) is 4.98 Å². The molecule has 0 bridgehead atoms. The standard InChI is InChI=1S/2C14H22.C13H21N.C12H21N/c1-13(2,3)11-7-9-12(10-8-11)14(4,5)6;1-13(2,3)11-9-7-8-10-12(11)14(4,5)6;1-12(2,3)10-7-11(9-14-8-10)13(4,5)6;1-11(2,3)9-7-13-8-10(9)12(4,5)6/h2*7-10H,1-6H3;7-9H,1-6H3;7-8,13H,1-6H3. The molecule has 308 valence electrons. The molecule has 2 aromatic heterocycles. The van der Waals surface area contributed by atoms with Gasteiger partial charge in [-0.05, 0) is 87.8 Å². The molecule has 55 heavy (non-hydrogen) atoms. The number of rotatable bonds is 0. The third-order valence-corrected chi connectivity index (χ3v) is 9.99. The van der Waals surface area contributed by atoms with Crippen molar-refractivity contribution in [3.05, 3.63) is 124 Å². The molecule has 0 saturated heterocycles. The highest BCUT2D eigenvalue weighted by Gasteiger charge is 2.26. The van der Waals surface area contributed by atoms with E-state index >= 15 is 0 Å². The number of hydrogen-bond donors (Lipinski definition) is 1. The summed E-state index contributed by atoms with van der Waals surface area (Å²) in [7, 11) is 0. The number of aromatic nitrogens is 2. The molecule has 0 aliphatic carbocycles. The summed E-state index contributed by atoms with van der Waals surface area (Å²) in [5.41, 5.74) is 13.1. The Kier molecular flexibility index (Phi) is 16.3.